The number of aromatic nitrogens is 5. The summed E-state index contributed by atoms with van der Waals surface area (Å²) in [5.41, 5.74) is 9.82. The second-order valence-electron chi connectivity index (χ2n) is 12.3. The van der Waals surface area contributed by atoms with Crippen LogP contribution in [0.15, 0.2) is 176 Å². The molecule has 3 aromatic heterocycles. The molecule has 0 saturated carbocycles. The molecule has 5 nitrogen and oxygen atoms in total. The zero-order valence-corrected chi connectivity index (χ0v) is 26.5. The average Bonchev–Trinajstić information content (AvgIpc) is 3.87. The predicted molar refractivity (Wildman–Crippen MR) is 201 cm³/mol. The van der Waals surface area contributed by atoms with Crippen molar-refractivity contribution in [1.29, 1.82) is 0 Å². The van der Waals surface area contributed by atoms with E-state index in [1.807, 2.05) is 41.1 Å². The third-order valence-corrected chi connectivity index (χ3v) is 9.50. The van der Waals surface area contributed by atoms with Gasteiger partial charge in [-0.15, -0.1) is 5.10 Å². The van der Waals surface area contributed by atoms with Crippen LogP contribution in [0.2, 0.25) is 0 Å². The van der Waals surface area contributed by atoms with Crippen molar-refractivity contribution < 1.29 is 0 Å². The van der Waals surface area contributed by atoms with Gasteiger partial charge in [0.05, 0.1) is 27.8 Å². The molecule has 0 aliphatic rings. The zero-order valence-electron chi connectivity index (χ0n) is 26.5. The Hall–Kier alpha value is -6.72. The number of nitrogens with zero attached hydrogens (tertiary/aromatic N) is 5. The maximum absolute atomic E-state index is 5.21. The second-order valence-corrected chi connectivity index (χ2v) is 12.3. The molecule has 0 atom stereocenters. The van der Waals surface area contributed by atoms with E-state index in [1.165, 1.54) is 21.8 Å². The third-order valence-electron chi connectivity index (χ3n) is 9.50. The summed E-state index contributed by atoms with van der Waals surface area (Å²) in [6.07, 6.45) is 0. The largest absolute Gasteiger partial charge is 0.309 e. The van der Waals surface area contributed by atoms with E-state index < -0.39 is 0 Å². The van der Waals surface area contributed by atoms with E-state index in [4.69, 9.17) is 10.1 Å². The smallest absolute Gasteiger partial charge is 0.182 e. The molecule has 0 amide bonds. The summed E-state index contributed by atoms with van der Waals surface area (Å²) in [6, 6.07) is 61.8. The van der Waals surface area contributed by atoms with Crippen molar-refractivity contribution in [3.63, 3.8) is 0 Å². The summed E-state index contributed by atoms with van der Waals surface area (Å²) < 4.78 is 6.70. The molecule has 230 valence electrons. The molecule has 49 heavy (non-hydrogen) atoms. The molecule has 0 spiro atoms. The molecule has 7 aromatic carbocycles. The maximum atomic E-state index is 5.21. The van der Waals surface area contributed by atoms with Crippen LogP contribution in [0.4, 0.5) is 0 Å². The molecule has 0 bridgehead atoms. The lowest BCUT2D eigenvalue weighted by molar-refractivity contribution is 0.891. The monoisotopic (exact) mass is 627 g/mol. The Morgan fingerprint density at radius 3 is 1.55 bits per heavy atom. The normalized spacial score (nSPS) is 11.7. The summed E-state index contributed by atoms with van der Waals surface area (Å²) in [7, 11) is 0. The summed E-state index contributed by atoms with van der Waals surface area (Å²) >= 11 is 0. The topological polar surface area (TPSA) is 40.6 Å². The minimum absolute atomic E-state index is 0.690. The van der Waals surface area contributed by atoms with Gasteiger partial charge in [0.2, 0.25) is 0 Å². The van der Waals surface area contributed by atoms with Crippen LogP contribution >= 0.6 is 0 Å². The fraction of sp³-hybridized carbons (Fsp3) is 0. The van der Waals surface area contributed by atoms with E-state index in [0.29, 0.717) is 5.82 Å². The van der Waals surface area contributed by atoms with Gasteiger partial charge in [0.1, 0.15) is 0 Å². The van der Waals surface area contributed by atoms with Gasteiger partial charge in [-0.1, -0.05) is 121 Å². The SMILES string of the molecule is c1ccc(-c2nc(-c3cccc4c3c3ccccc3n4-c3cccc(-n4c5ccccc5c5ccccc54)c3)nn2-c2ccccc2)cc1. The highest BCUT2D eigenvalue weighted by Crippen LogP contribution is 2.39. The van der Waals surface area contributed by atoms with Gasteiger partial charge in [-0.05, 0) is 54.6 Å². The van der Waals surface area contributed by atoms with E-state index in [1.54, 1.807) is 0 Å². The van der Waals surface area contributed by atoms with Crippen LogP contribution in [-0.2, 0) is 0 Å². The van der Waals surface area contributed by atoms with Gasteiger partial charge >= 0.3 is 0 Å². The van der Waals surface area contributed by atoms with Crippen LogP contribution in [0.25, 0.3) is 83.4 Å². The molecule has 0 unspecified atom stereocenters. The number of rotatable bonds is 5. The molecule has 10 aromatic rings. The molecular formula is C44H29N5. The number of hydrogen-bond donors (Lipinski definition) is 0. The molecule has 0 aliphatic heterocycles. The van der Waals surface area contributed by atoms with E-state index in [9.17, 15) is 0 Å². The number of para-hydroxylation sites is 4. The summed E-state index contributed by atoms with van der Waals surface area (Å²) in [4.78, 5) is 5.21. The highest BCUT2D eigenvalue weighted by molar-refractivity contribution is 6.15. The molecule has 0 saturated heterocycles. The number of benzene rings is 7. The van der Waals surface area contributed by atoms with Crippen molar-refractivity contribution in [2.75, 3.05) is 0 Å². The number of hydrogen-bond acceptors (Lipinski definition) is 2. The number of fused-ring (bicyclic) bond motifs is 6. The quantitative estimate of drug-likeness (QED) is 0.190. The highest BCUT2D eigenvalue weighted by atomic mass is 15.4. The zero-order chi connectivity index (χ0) is 32.3. The first-order valence-corrected chi connectivity index (χ1v) is 16.5. The van der Waals surface area contributed by atoms with Crippen LogP contribution in [0.5, 0.6) is 0 Å². The predicted octanol–water partition coefficient (Wildman–Crippen LogP) is 10.8. The summed E-state index contributed by atoms with van der Waals surface area (Å²) in [5.74, 6) is 1.50. The Morgan fingerprint density at radius 2 is 0.878 bits per heavy atom. The molecule has 5 heteroatoms. The van der Waals surface area contributed by atoms with Crippen LogP contribution < -0.4 is 0 Å². The maximum Gasteiger partial charge on any atom is 0.182 e. The first kappa shape index (κ1) is 27.4. The van der Waals surface area contributed by atoms with E-state index in [-0.39, 0.29) is 0 Å². The van der Waals surface area contributed by atoms with E-state index >= 15 is 0 Å². The standard InChI is InChI=1S/C44H29N5/c1-3-15-30(16-4-1)44-45-43(46-49(44)31-17-5-2-6-18-31)37-24-14-28-41-42(37)36-23-9-12-27-40(36)48(41)33-20-13-19-32(29-33)47-38-25-10-7-21-34(38)35-22-8-11-26-39(35)47/h1-29H. The lowest BCUT2D eigenvalue weighted by atomic mass is 10.1. The van der Waals surface area contributed by atoms with Crippen molar-refractivity contribution >= 4 is 43.6 Å². The molecule has 10 rings (SSSR count). The van der Waals surface area contributed by atoms with Crippen LogP contribution in [0.3, 0.4) is 0 Å². The minimum Gasteiger partial charge on any atom is -0.309 e. The fourth-order valence-corrected chi connectivity index (χ4v) is 7.41. The average molecular weight is 628 g/mol. The highest BCUT2D eigenvalue weighted by Gasteiger charge is 2.21. The summed E-state index contributed by atoms with van der Waals surface area (Å²) in [5, 5.41) is 9.96. The van der Waals surface area contributed by atoms with Gasteiger partial charge in [0, 0.05) is 44.0 Å². The lowest BCUT2D eigenvalue weighted by Gasteiger charge is -2.13. The van der Waals surface area contributed by atoms with Gasteiger partial charge in [-0.25, -0.2) is 9.67 Å². The first-order chi connectivity index (χ1) is 24.3. The van der Waals surface area contributed by atoms with E-state index in [2.05, 4.69) is 149 Å². The van der Waals surface area contributed by atoms with Gasteiger partial charge < -0.3 is 9.13 Å². The van der Waals surface area contributed by atoms with Crippen molar-refractivity contribution in [3.8, 4) is 39.8 Å². The summed E-state index contributed by atoms with van der Waals surface area (Å²) in [6.45, 7) is 0. The van der Waals surface area contributed by atoms with Crippen molar-refractivity contribution in [3.05, 3.63) is 176 Å². The van der Waals surface area contributed by atoms with Crippen molar-refractivity contribution in [2.24, 2.45) is 0 Å². The molecule has 0 N–H and O–H groups in total. The van der Waals surface area contributed by atoms with Crippen LogP contribution in [0.1, 0.15) is 0 Å². The van der Waals surface area contributed by atoms with Crippen molar-refractivity contribution in [1.82, 2.24) is 23.9 Å². The Bertz CT molecular complexity index is 2710. The van der Waals surface area contributed by atoms with E-state index in [0.717, 1.165) is 55.8 Å². The van der Waals surface area contributed by atoms with Gasteiger partial charge in [0.15, 0.2) is 11.6 Å². The minimum atomic E-state index is 0.690. The second kappa shape index (κ2) is 10.9. The lowest BCUT2D eigenvalue weighted by Crippen LogP contribution is -1.99. The molecule has 3 heterocycles. The van der Waals surface area contributed by atoms with Gasteiger partial charge in [0.25, 0.3) is 0 Å². The fourth-order valence-electron chi connectivity index (χ4n) is 7.41. The molecule has 0 fully saturated rings. The Kier molecular flexibility index (Phi) is 6.11. The third kappa shape index (κ3) is 4.26. The van der Waals surface area contributed by atoms with Gasteiger partial charge in [-0.3, -0.25) is 0 Å². The van der Waals surface area contributed by atoms with Crippen molar-refractivity contribution in [2.45, 2.75) is 0 Å². The molecule has 0 radical (unpaired) electrons. The Balaban J connectivity index is 1.21. The van der Waals surface area contributed by atoms with Crippen LogP contribution in [0, 0.1) is 0 Å². The van der Waals surface area contributed by atoms with Gasteiger partial charge in [-0.2, -0.15) is 0 Å². The molecule has 0 aliphatic carbocycles. The van der Waals surface area contributed by atoms with Crippen LogP contribution in [-0.4, -0.2) is 23.9 Å². The Morgan fingerprint density at radius 1 is 0.388 bits per heavy atom. The Labute approximate surface area is 282 Å². The first-order valence-electron chi connectivity index (χ1n) is 16.5. The molecular weight excluding hydrogens is 599 g/mol.